The molecule has 0 spiro atoms. The van der Waals surface area contributed by atoms with Gasteiger partial charge in [0.1, 0.15) is 13.6 Å². The van der Waals surface area contributed by atoms with Gasteiger partial charge in [-0.25, -0.2) is 0 Å². The van der Waals surface area contributed by atoms with Gasteiger partial charge in [-0.15, -0.1) is 0 Å². The molecule has 2 radical (unpaired) electrons. The highest BCUT2D eigenvalue weighted by Crippen LogP contribution is 2.09. The molecule has 0 atom stereocenters. The van der Waals surface area contributed by atoms with Gasteiger partial charge in [0.05, 0.1) is 7.11 Å². The summed E-state index contributed by atoms with van der Waals surface area (Å²) in [5.74, 6) is 0.625. The summed E-state index contributed by atoms with van der Waals surface area (Å²) in [6.45, 7) is 0. The summed E-state index contributed by atoms with van der Waals surface area (Å²) in [5.41, 5.74) is 6.73. The molecule has 0 saturated carbocycles. The number of anilines is 1. The van der Waals surface area contributed by atoms with Gasteiger partial charge < -0.3 is 10.5 Å². The van der Waals surface area contributed by atoms with Crippen molar-refractivity contribution in [2.45, 2.75) is 0 Å². The maximum absolute atomic E-state index is 5.52. The summed E-state index contributed by atoms with van der Waals surface area (Å²) in [7, 11) is 7.08. The van der Waals surface area contributed by atoms with Gasteiger partial charge in [-0.1, -0.05) is 11.5 Å². The molecular weight excluding hydrogens is 125 g/mol. The van der Waals surface area contributed by atoms with Crippen molar-refractivity contribution < 1.29 is 4.74 Å². The van der Waals surface area contributed by atoms with Crippen molar-refractivity contribution >= 4 is 19.0 Å². The molecule has 1 rings (SSSR count). The van der Waals surface area contributed by atoms with Crippen molar-refractivity contribution in [1.29, 1.82) is 0 Å². The Kier molecular flexibility index (Phi) is 1.85. The Balaban J connectivity index is 3.09. The lowest BCUT2D eigenvalue weighted by Gasteiger charge is -2.04. The fraction of sp³-hybridized carbons (Fsp3) is 0.143. The molecule has 1 aromatic rings. The Morgan fingerprint density at radius 1 is 1.50 bits per heavy atom. The van der Waals surface area contributed by atoms with Gasteiger partial charge in [0.15, 0.2) is 0 Å². The molecule has 2 nitrogen and oxygen atoms in total. The van der Waals surface area contributed by atoms with Gasteiger partial charge in [-0.2, -0.15) is 0 Å². The van der Waals surface area contributed by atoms with Crippen molar-refractivity contribution in [2.75, 3.05) is 12.8 Å². The zero-order valence-corrected chi connectivity index (χ0v) is 5.79. The van der Waals surface area contributed by atoms with Crippen molar-refractivity contribution in [3.8, 4) is 5.75 Å². The summed E-state index contributed by atoms with van der Waals surface area (Å²) in [6.07, 6.45) is 0. The van der Waals surface area contributed by atoms with Crippen LogP contribution in [-0.2, 0) is 0 Å². The molecule has 0 heterocycles. The predicted octanol–water partition coefficient (Wildman–Crippen LogP) is 0.0712. The van der Waals surface area contributed by atoms with Crippen LogP contribution in [0.15, 0.2) is 18.2 Å². The van der Waals surface area contributed by atoms with Crippen LogP contribution < -0.4 is 15.9 Å². The average Bonchev–Trinajstić information content (AvgIpc) is 1.94. The Bertz CT molecular complexity index is 237. The van der Waals surface area contributed by atoms with Crippen molar-refractivity contribution in [2.24, 2.45) is 0 Å². The van der Waals surface area contributed by atoms with Gasteiger partial charge >= 0.3 is 0 Å². The smallest absolute Gasteiger partial charge is 0.119 e. The Labute approximate surface area is 61.4 Å². The molecule has 0 fully saturated rings. The van der Waals surface area contributed by atoms with E-state index in [1.165, 1.54) is 0 Å². The lowest BCUT2D eigenvalue weighted by atomic mass is 9.95. The van der Waals surface area contributed by atoms with Crippen LogP contribution in [0, 0.1) is 0 Å². The van der Waals surface area contributed by atoms with E-state index >= 15 is 0 Å². The molecule has 0 aromatic heterocycles. The van der Waals surface area contributed by atoms with Crippen LogP contribution in [0.1, 0.15) is 0 Å². The van der Waals surface area contributed by atoms with E-state index in [1.807, 2.05) is 0 Å². The first-order chi connectivity index (χ1) is 4.74. The topological polar surface area (TPSA) is 35.2 Å². The monoisotopic (exact) mass is 133 g/mol. The fourth-order valence-corrected chi connectivity index (χ4v) is 0.728. The standard InChI is InChI=1S/C7H8BNO/c1-10-7-4-5(9)2-3-6(7)8/h2-4H,9H2,1H3. The Hall–Kier alpha value is -1.12. The number of benzene rings is 1. The number of hydrogen-bond donors (Lipinski definition) is 1. The van der Waals surface area contributed by atoms with Crippen LogP contribution in [-0.4, -0.2) is 15.0 Å². The highest BCUT2D eigenvalue weighted by molar-refractivity contribution is 6.34. The Morgan fingerprint density at radius 3 is 2.70 bits per heavy atom. The van der Waals surface area contributed by atoms with E-state index in [0.717, 1.165) is 0 Å². The minimum atomic E-state index is 0.608. The molecule has 2 N–H and O–H groups in total. The number of rotatable bonds is 1. The van der Waals surface area contributed by atoms with Crippen LogP contribution in [0.25, 0.3) is 0 Å². The van der Waals surface area contributed by atoms with Crippen LogP contribution in [0.2, 0.25) is 0 Å². The van der Waals surface area contributed by atoms with Gasteiger partial charge in [-0.05, 0) is 6.07 Å². The normalized spacial score (nSPS) is 9.30. The minimum Gasteiger partial charge on any atom is -0.497 e. The quantitative estimate of drug-likeness (QED) is 0.434. The molecule has 1 aromatic carbocycles. The summed E-state index contributed by atoms with van der Waals surface area (Å²) in [4.78, 5) is 0. The first-order valence-corrected chi connectivity index (χ1v) is 2.93. The molecule has 0 aliphatic heterocycles. The third kappa shape index (κ3) is 1.24. The molecule has 0 amide bonds. The predicted molar refractivity (Wildman–Crippen MR) is 42.8 cm³/mol. The van der Waals surface area contributed by atoms with Crippen molar-refractivity contribution in [1.82, 2.24) is 0 Å². The van der Waals surface area contributed by atoms with Crippen LogP contribution in [0.4, 0.5) is 5.69 Å². The van der Waals surface area contributed by atoms with Crippen LogP contribution in [0.3, 0.4) is 0 Å². The second-order valence-electron chi connectivity index (χ2n) is 2.00. The molecule has 0 unspecified atom stereocenters. The summed E-state index contributed by atoms with van der Waals surface area (Å²) < 4.78 is 4.92. The number of nitrogens with two attached hydrogens (primary N) is 1. The molecule has 0 aliphatic carbocycles. The first kappa shape index (κ1) is 7.00. The van der Waals surface area contributed by atoms with Gasteiger partial charge in [-0.3, -0.25) is 0 Å². The van der Waals surface area contributed by atoms with Crippen molar-refractivity contribution in [3.63, 3.8) is 0 Å². The van der Waals surface area contributed by atoms with Crippen LogP contribution in [0.5, 0.6) is 5.75 Å². The maximum atomic E-state index is 5.52. The fourth-order valence-electron chi connectivity index (χ4n) is 0.728. The van der Waals surface area contributed by atoms with Gasteiger partial charge in [0.2, 0.25) is 0 Å². The number of hydrogen-bond acceptors (Lipinski definition) is 2. The van der Waals surface area contributed by atoms with Gasteiger partial charge in [0, 0.05) is 11.8 Å². The summed E-state index contributed by atoms with van der Waals surface area (Å²) >= 11 is 0. The average molecular weight is 133 g/mol. The molecule has 0 aliphatic rings. The summed E-state index contributed by atoms with van der Waals surface area (Å²) in [6, 6.07) is 5.14. The molecule has 0 bridgehead atoms. The van der Waals surface area contributed by atoms with E-state index < -0.39 is 0 Å². The zero-order chi connectivity index (χ0) is 7.56. The lowest BCUT2D eigenvalue weighted by molar-refractivity contribution is 0.418. The third-order valence-corrected chi connectivity index (χ3v) is 1.26. The highest BCUT2D eigenvalue weighted by atomic mass is 16.5. The largest absolute Gasteiger partial charge is 0.497 e. The first-order valence-electron chi connectivity index (χ1n) is 2.93. The van der Waals surface area contributed by atoms with Gasteiger partial charge in [0.25, 0.3) is 0 Å². The number of methoxy groups -OCH3 is 1. The van der Waals surface area contributed by atoms with Crippen molar-refractivity contribution in [3.05, 3.63) is 18.2 Å². The van der Waals surface area contributed by atoms with E-state index in [9.17, 15) is 0 Å². The summed E-state index contributed by atoms with van der Waals surface area (Å²) in [5, 5.41) is 0. The number of ether oxygens (including phenoxy) is 1. The second-order valence-corrected chi connectivity index (χ2v) is 2.00. The highest BCUT2D eigenvalue weighted by Gasteiger charge is 1.95. The number of nitrogen functional groups attached to an aromatic ring is 1. The van der Waals surface area contributed by atoms with E-state index in [4.69, 9.17) is 18.3 Å². The molecule has 0 saturated heterocycles. The van der Waals surface area contributed by atoms with E-state index in [0.29, 0.717) is 16.9 Å². The Morgan fingerprint density at radius 2 is 2.20 bits per heavy atom. The minimum absolute atomic E-state index is 0.608. The molecular formula is C7H8BNO. The molecule has 10 heavy (non-hydrogen) atoms. The zero-order valence-electron chi connectivity index (χ0n) is 5.79. The van der Waals surface area contributed by atoms with E-state index in [2.05, 4.69) is 0 Å². The van der Waals surface area contributed by atoms with E-state index in [1.54, 1.807) is 25.3 Å². The molecule has 3 heteroatoms. The molecule has 50 valence electrons. The SMILES string of the molecule is [B]c1ccc(N)cc1OC. The van der Waals surface area contributed by atoms with E-state index in [-0.39, 0.29) is 0 Å². The van der Waals surface area contributed by atoms with Crippen LogP contribution >= 0.6 is 0 Å². The second kappa shape index (κ2) is 2.65. The maximum Gasteiger partial charge on any atom is 0.119 e. The third-order valence-electron chi connectivity index (χ3n) is 1.26. The lowest BCUT2D eigenvalue weighted by Crippen LogP contribution is -2.06.